The Hall–Kier alpha value is -2.83. The zero-order chi connectivity index (χ0) is 19.4. The highest BCUT2D eigenvalue weighted by Crippen LogP contribution is 2.24. The maximum absolute atomic E-state index is 12.3. The van der Waals surface area contributed by atoms with Crippen molar-refractivity contribution < 1.29 is 23.8 Å². The molecule has 1 atom stereocenters. The van der Waals surface area contributed by atoms with Crippen molar-refractivity contribution in [2.45, 2.75) is 39.7 Å². The Kier molecular flexibility index (Phi) is 6.02. The van der Waals surface area contributed by atoms with Gasteiger partial charge in [0.2, 0.25) is 5.91 Å². The number of carbonyl (C=O) groups is 2. The van der Waals surface area contributed by atoms with Crippen LogP contribution >= 0.6 is 0 Å². The average Bonchev–Trinajstić information content (AvgIpc) is 2.58. The third kappa shape index (κ3) is 4.22. The number of aryl methyl sites for hydroxylation is 1. The van der Waals surface area contributed by atoms with Gasteiger partial charge in [0.15, 0.2) is 0 Å². The highest BCUT2D eigenvalue weighted by molar-refractivity contribution is 5.84. The SMILES string of the molecule is COc1ccc2c(C)c(CCC(=O)N[C@H](C(=O)[O-])C(C)C)c(=O)oc2c1. The molecule has 2 aromatic rings. The Bertz CT molecular complexity index is 883. The van der Waals surface area contributed by atoms with Crippen molar-refractivity contribution in [3.8, 4) is 5.75 Å². The lowest BCUT2D eigenvalue weighted by Crippen LogP contribution is -2.50. The number of hydrogen-bond acceptors (Lipinski definition) is 6. The van der Waals surface area contributed by atoms with Gasteiger partial charge in [0.1, 0.15) is 11.3 Å². The number of carbonyl (C=O) groups excluding carboxylic acids is 2. The fraction of sp³-hybridized carbons (Fsp3) is 0.421. The van der Waals surface area contributed by atoms with Crippen LogP contribution in [0, 0.1) is 12.8 Å². The van der Waals surface area contributed by atoms with Gasteiger partial charge in [-0.05, 0) is 37.0 Å². The first-order valence-electron chi connectivity index (χ1n) is 8.35. The van der Waals surface area contributed by atoms with E-state index >= 15 is 0 Å². The minimum atomic E-state index is -1.33. The summed E-state index contributed by atoms with van der Waals surface area (Å²) in [5.41, 5.74) is 1.02. The van der Waals surface area contributed by atoms with Crippen LogP contribution in [0.5, 0.6) is 5.75 Å². The van der Waals surface area contributed by atoms with Gasteiger partial charge >= 0.3 is 5.63 Å². The fourth-order valence-corrected chi connectivity index (χ4v) is 2.77. The molecule has 1 amide bonds. The molecule has 140 valence electrons. The van der Waals surface area contributed by atoms with Crippen molar-refractivity contribution in [3.05, 3.63) is 39.7 Å². The molecule has 0 radical (unpaired) electrons. The normalized spacial score (nSPS) is 12.2. The van der Waals surface area contributed by atoms with E-state index in [1.807, 2.05) is 0 Å². The second kappa shape index (κ2) is 8.03. The van der Waals surface area contributed by atoms with E-state index in [2.05, 4.69) is 5.32 Å². The molecule has 0 aliphatic carbocycles. The van der Waals surface area contributed by atoms with Gasteiger partial charge in [-0.3, -0.25) is 4.79 Å². The topological polar surface area (TPSA) is 109 Å². The van der Waals surface area contributed by atoms with E-state index in [-0.39, 0.29) is 18.8 Å². The largest absolute Gasteiger partial charge is 0.548 e. The third-order valence-electron chi connectivity index (χ3n) is 4.33. The number of methoxy groups -OCH3 is 1. The molecule has 0 aliphatic rings. The molecule has 0 saturated heterocycles. The smallest absolute Gasteiger partial charge is 0.339 e. The molecule has 1 aromatic carbocycles. The molecule has 1 aromatic heterocycles. The molecular weight excluding hydrogens is 338 g/mol. The first-order chi connectivity index (χ1) is 12.2. The van der Waals surface area contributed by atoms with Crippen LogP contribution in [0.25, 0.3) is 11.0 Å². The molecule has 0 saturated carbocycles. The number of fused-ring (bicyclic) bond motifs is 1. The molecule has 2 rings (SSSR count). The number of hydrogen-bond donors (Lipinski definition) is 1. The van der Waals surface area contributed by atoms with Crippen molar-refractivity contribution in [2.24, 2.45) is 5.92 Å². The number of rotatable bonds is 7. The quantitative estimate of drug-likeness (QED) is 0.736. The van der Waals surface area contributed by atoms with E-state index in [0.717, 1.165) is 10.9 Å². The lowest BCUT2D eigenvalue weighted by molar-refractivity contribution is -0.309. The predicted molar refractivity (Wildman–Crippen MR) is 93.9 cm³/mol. The molecule has 7 heteroatoms. The van der Waals surface area contributed by atoms with Gasteiger partial charge in [0.25, 0.3) is 0 Å². The average molecular weight is 360 g/mol. The number of benzene rings is 1. The molecule has 0 bridgehead atoms. The zero-order valence-corrected chi connectivity index (χ0v) is 15.3. The first kappa shape index (κ1) is 19.5. The minimum absolute atomic E-state index is 0.0240. The van der Waals surface area contributed by atoms with Gasteiger partial charge in [-0.2, -0.15) is 0 Å². The van der Waals surface area contributed by atoms with Crippen LogP contribution in [0.4, 0.5) is 0 Å². The summed E-state index contributed by atoms with van der Waals surface area (Å²) >= 11 is 0. The van der Waals surface area contributed by atoms with Crippen LogP contribution in [0.3, 0.4) is 0 Å². The molecule has 0 fully saturated rings. The monoisotopic (exact) mass is 360 g/mol. The van der Waals surface area contributed by atoms with E-state index in [1.54, 1.807) is 39.0 Å². The van der Waals surface area contributed by atoms with Gasteiger partial charge < -0.3 is 24.4 Å². The Morgan fingerprint density at radius 3 is 2.58 bits per heavy atom. The van der Waals surface area contributed by atoms with Crippen LogP contribution in [0.2, 0.25) is 0 Å². The van der Waals surface area contributed by atoms with Crippen LogP contribution in [-0.4, -0.2) is 25.0 Å². The maximum atomic E-state index is 12.3. The van der Waals surface area contributed by atoms with E-state index in [4.69, 9.17) is 9.15 Å². The Morgan fingerprint density at radius 1 is 1.31 bits per heavy atom. The molecule has 26 heavy (non-hydrogen) atoms. The summed E-state index contributed by atoms with van der Waals surface area (Å²) < 4.78 is 10.5. The van der Waals surface area contributed by atoms with Crippen LogP contribution in [0.15, 0.2) is 27.4 Å². The second-order valence-electron chi connectivity index (χ2n) is 6.46. The van der Waals surface area contributed by atoms with Gasteiger partial charge in [-0.15, -0.1) is 0 Å². The Labute approximate surface area is 151 Å². The molecule has 0 unspecified atom stereocenters. The molecule has 1 N–H and O–H groups in total. The van der Waals surface area contributed by atoms with E-state index < -0.39 is 23.5 Å². The van der Waals surface area contributed by atoms with Crippen molar-refractivity contribution >= 4 is 22.8 Å². The van der Waals surface area contributed by atoms with Gasteiger partial charge in [0.05, 0.1) is 19.1 Å². The van der Waals surface area contributed by atoms with E-state index in [0.29, 0.717) is 16.9 Å². The number of nitrogens with one attached hydrogen (secondary N) is 1. The lowest BCUT2D eigenvalue weighted by Gasteiger charge is -2.23. The summed E-state index contributed by atoms with van der Waals surface area (Å²) in [5.74, 6) is -1.51. The highest BCUT2D eigenvalue weighted by Gasteiger charge is 2.18. The fourth-order valence-electron chi connectivity index (χ4n) is 2.77. The Morgan fingerprint density at radius 2 is 2.00 bits per heavy atom. The van der Waals surface area contributed by atoms with Crippen LogP contribution < -0.4 is 20.8 Å². The lowest BCUT2D eigenvalue weighted by atomic mass is 10.0. The van der Waals surface area contributed by atoms with E-state index in [9.17, 15) is 19.5 Å². The highest BCUT2D eigenvalue weighted by atomic mass is 16.5. The van der Waals surface area contributed by atoms with Gasteiger partial charge in [0, 0.05) is 23.4 Å². The Balaban J connectivity index is 2.19. The maximum Gasteiger partial charge on any atom is 0.339 e. The zero-order valence-electron chi connectivity index (χ0n) is 15.3. The summed E-state index contributed by atoms with van der Waals surface area (Å²) in [7, 11) is 1.52. The van der Waals surface area contributed by atoms with Gasteiger partial charge in [-0.25, -0.2) is 4.79 Å². The number of ether oxygens (including phenoxy) is 1. The van der Waals surface area contributed by atoms with E-state index in [1.165, 1.54) is 7.11 Å². The van der Waals surface area contributed by atoms with Gasteiger partial charge in [-0.1, -0.05) is 13.8 Å². The van der Waals surface area contributed by atoms with Crippen molar-refractivity contribution in [2.75, 3.05) is 7.11 Å². The minimum Gasteiger partial charge on any atom is -0.548 e. The molecule has 0 aliphatic heterocycles. The van der Waals surface area contributed by atoms with Crippen LogP contribution in [-0.2, 0) is 16.0 Å². The molecular formula is C19H22NO6-. The van der Waals surface area contributed by atoms with Crippen molar-refractivity contribution in [1.29, 1.82) is 0 Å². The van der Waals surface area contributed by atoms with Crippen LogP contribution in [0.1, 0.15) is 31.4 Å². The molecule has 7 nitrogen and oxygen atoms in total. The summed E-state index contributed by atoms with van der Waals surface area (Å²) in [4.78, 5) is 35.4. The predicted octanol–water partition coefficient (Wildman–Crippen LogP) is 0.933. The standard InChI is InChI=1S/C19H23NO6/c1-10(2)17(18(22)23)20-16(21)8-7-14-11(3)13-6-5-12(25-4)9-15(13)26-19(14)24/h5-6,9-10,17H,7-8H2,1-4H3,(H,20,21)(H,22,23)/p-1/t17-/m0/s1. The summed E-state index contributed by atoms with van der Waals surface area (Å²) in [6, 6.07) is 4.12. The number of amides is 1. The summed E-state index contributed by atoms with van der Waals surface area (Å²) in [5, 5.41) is 14.2. The number of carboxylic acid groups (broad SMARTS) is 1. The summed E-state index contributed by atoms with van der Waals surface area (Å²) in [6.45, 7) is 5.14. The second-order valence-corrected chi connectivity index (χ2v) is 6.46. The molecule has 0 spiro atoms. The number of carboxylic acids is 1. The number of aliphatic carboxylic acids is 1. The van der Waals surface area contributed by atoms with Crippen molar-refractivity contribution in [3.63, 3.8) is 0 Å². The summed E-state index contributed by atoms with van der Waals surface area (Å²) in [6.07, 6.45) is 0.129. The van der Waals surface area contributed by atoms with Crippen molar-refractivity contribution in [1.82, 2.24) is 5.32 Å². The molecule has 1 heterocycles. The first-order valence-corrected chi connectivity index (χ1v) is 8.35. The third-order valence-corrected chi connectivity index (χ3v) is 4.33.